The van der Waals surface area contributed by atoms with Gasteiger partial charge in [0.25, 0.3) is 0 Å². The Morgan fingerprint density at radius 1 is 1.30 bits per heavy atom. The molecule has 0 unspecified atom stereocenters. The van der Waals surface area contributed by atoms with Crippen molar-refractivity contribution in [3.8, 4) is 0 Å². The second-order valence-electron chi connectivity index (χ2n) is 5.43. The van der Waals surface area contributed by atoms with Gasteiger partial charge in [0, 0.05) is 38.7 Å². The molecule has 2 heterocycles. The third kappa shape index (κ3) is 3.66. The standard InChI is InChI=1S/C13H24N4O2S/c1-3-12-14-15-13(20-12)17-7-10(11(8-17)9-19)6-16(2)4-5-18/h10-11,18-19H,3-9H2,1-2H3/t10-,11-/m1/s1. The van der Waals surface area contributed by atoms with E-state index in [0.29, 0.717) is 12.5 Å². The van der Waals surface area contributed by atoms with Crippen LogP contribution in [0.5, 0.6) is 0 Å². The molecule has 0 spiro atoms. The molecule has 1 aromatic heterocycles. The lowest BCUT2D eigenvalue weighted by Gasteiger charge is -2.22. The highest BCUT2D eigenvalue weighted by molar-refractivity contribution is 7.15. The maximum atomic E-state index is 9.57. The largest absolute Gasteiger partial charge is 0.396 e. The quantitative estimate of drug-likeness (QED) is 0.742. The fraction of sp³-hybridized carbons (Fsp3) is 0.846. The second-order valence-corrected chi connectivity index (χ2v) is 6.47. The van der Waals surface area contributed by atoms with Crippen LogP contribution < -0.4 is 4.90 Å². The summed E-state index contributed by atoms with van der Waals surface area (Å²) < 4.78 is 0. The average molecular weight is 300 g/mol. The van der Waals surface area contributed by atoms with Crippen LogP contribution in [0.1, 0.15) is 11.9 Å². The lowest BCUT2D eigenvalue weighted by Crippen LogP contribution is -2.33. The van der Waals surface area contributed by atoms with Gasteiger partial charge in [-0.2, -0.15) is 0 Å². The van der Waals surface area contributed by atoms with Crippen molar-refractivity contribution in [3.63, 3.8) is 0 Å². The smallest absolute Gasteiger partial charge is 0.208 e. The number of hydrogen-bond acceptors (Lipinski definition) is 7. The van der Waals surface area contributed by atoms with Gasteiger partial charge in [-0.3, -0.25) is 0 Å². The van der Waals surface area contributed by atoms with E-state index in [-0.39, 0.29) is 19.1 Å². The summed E-state index contributed by atoms with van der Waals surface area (Å²) >= 11 is 1.64. The maximum Gasteiger partial charge on any atom is 0.208 e. The van der Waals surface area contributed by atoms with Gasteiger partial charge >= 0.3 is 0 Å². The van der Waals surface area contributed by atoms with Crippen LogP contribution in [-0.4, -0.2) is 71.8 Å². The number of rotatable bonds is 7. The number of aliphatic hydroxyl groups is 2. The Morgan fingerprint density at radius 3 is 2.65 bits per heavy atom. The molecule has 0 aliphatic carbocycles. The Kier molecular flexibility index (Phi) is 5.71. The third-order valence-electron chi connectivity index (χ3n) is 3.87. The first-order chi connectivity index (χ1) is 9.67. The summed E-state index contributed by atoms with van der Waals surface area (Å²) in [5.41, 5.74) is 0. The molecule has 1 saturated heterocycles. The molecule has 1 aromatic rings. The number of aliphatic hydroxyl groups excluding tert-OH is 2. The molecule has 1 fully saturated rings. The molecule has 1 aliphatic rings. The van der Waals surface area contributed by atoms with Crippen LogP contribution in [-0.2, 0) is 6.42 Å². The van der Waals surface area contributed by atoms with Crippen molar-refractivity contribution in [3.05, 3.63) is 5.01 Å². The first-order valence-electron chi connectivity index (χ1n) is 7.15. The molecule has 0 saturated carbocycles. The lowest BCUT2D eigenvalue weighted by atomic mass is 9.96. The van der Waals surface area contributed by atoms with Crippen LogP contribution in [0.15, 0.2) is 0 Å². The van der Waals surface area contributed by atoms with Crippen molar-refractivity contribution in [2.75, 3.05) is 51.3 Å². The SMILES string of the molecule is CCc1nnc(N2C[C@@H](CN(C)CCO)[C@@H](CO)C2)s1. The molecule has 6 nitrogen and oxygen atoms in total. The minimum Gasteiger partial charge on any atom is -0.396 e. The molecule has 20 heavy (non-hydrogen) atoms. The van der Waals surface area contributed by atoms with E-state index in [2.05, 4.69) is 26.9 Å². The number of aromatic nitrogens is 2. The van der Waals surface area contributed by atoms with Crippen molar-refractivity contribution >= 4 is 16.5 Å². The molecule has 2 rings (SSSR count). The van der Waals surface area contributed by atoms with Crippen LogP contribution in [0.25, 0.3) is 0 Å². The topological polar surface area (TPSA) is 72.7 Å². The van der Waals surface area contributed by atoms with Gasteiger partial charge in [0.1, 0.15) is 5.01 Å². The fourth-order valence-electron chi connectivity index (χ4n) is 2.69. The summed E-state index contributed by atoms with van der Waals surface area (Å²) in [4.78, 5) is 4.35. The molecule has 1 aliphatic heterocycles. The Labute approximate surface area is 124 Å². The predicted molar refractivity (Wildman–Crippen MR) is 80.1 cm³/mol. The van der Waals surface area contributed by atoms with Crippen LogP contribution in [0.2, 0.25) is 0 Å². The van der Waals surface area contributed by atoms with E-state index in [1.54, 1.807) is 11.3 Å². The maximum absolute atomic E-state index is 9.57. The Hall–Kier alpha value is -0.760. The summed E-state index contributed by atoms with van der Waals surface area (Å²) in [5.74, 6) is 0.677. The minimum atomic E-state index is 0.174. The number of likely N-dealkylation sites (N-methyl/N-ethyl adjacent to an activating group) is 1. The van der Waals surface area contributed by atoms with E-state index >= 15 is 0 Å². The molecular weight excluding hydrogens is 276 g/mol. The average Bonchev–Trinajstić information content (AvgIpc) is 3.04. The molecule has 114 valence electrons. The first-order valence-corrected chi connectivity index (χ1v) is 7.97. The Morgan fingerprint density at radius 2 is 2.05 bits per heavy atom. The van der Waals surface area contributed by atoms with Crippen LogP contribution in [0.4, 0.5) is 5.13 Å². The van der Waals surface area contributed by atoms with E-state index in [0.717, 1.165) is 36.2 Å². The van der Waals surface area contributed by atoms with Gasteiger partial charge in [-0.1, -0.05) is 18.3 Å². The van der Waals surface area contributed by atoms with Crippen LogP contribution in [0, 0.1) is 11.8 Å². The minimum absolute atomic E-state index is 0.174. The van der Waals surface area contributed by atoms with E-state index in [1.807, 2.05) is 7.05 Å². The van der Waals surface area contributed by atoms with Gasteiger partial charge in [-0.15, -0.1) is 10.2 Å². The zero-order valence-electron chi connectivity index (χ0n) is 12.2. The third-order valence-corrected chi connectivity index (χ3v) is 5.00. The van der Waals surface area contributed by atoms with Crippen molar-refractivity contribution in [1.29, 1.82) is 0 Å². The second kappa shape index (κ2) is 7.31. The van der Waals surface area contributed by atoms with Crippen molar-refractivity contribution in [2.24, 2.45) is 11.8 Å². The van der Waals surface area contributed by atoms with Gasteiger partial charge in [0.15, 0.2) is 0 Å². The van der Waals surface area contributed by atoms with Gasteiger partial charge in [0.2, 0.25) is 5.13 Å². The Bertz CT molecular complexity index is 415. The normalized spacial score (nSPS) is 22.9. The molecule has 2 N–H and O–H groups in total. The van der Waals surface area contributed by atoms with Crippen LogP contribution >= 0.6 is 11.3 Å². The van der Waals surface area contributed by atoms with Crippen molar-refractivity contribution in [2.45, 2.75) is 13.3 Å². The zero-order chi connectivity index (χ0) is 14.5. The molecule has 2 atom stereocenters. The summed E-state index contributed by atoms with van der Waals surface area (Å²) in [6.45, 7) is 5.76. The summed E-state index contributed by atoms with van der Waals surface area (Å²) in [6.07, 6.45) is 0.914. The number of nitrogens with zero attached hydrogens (tertiary/aromatic N) is 4. The first kappa shape index (κ1) is 15.6. The van der Waals surface area contributed by atoms with E-state index < -0.39 is 0 Å². The number of aryl methyl sites for hydroxylation is 1. The van der Waals surface area contributed by atoms with E-state index in [1.165, 1.54) is 0 Å². The predicted octanol–water partition coefficient (Wildman–Crippen LogP) is 0.0693. The van der Waals surface area contributed by atoms with Crippen LogP contribution in [0.3, 0.4) is 0 Å². The van der Waals surface area contributed by atoms with E-state index in [9.17, 15) is 5.11 Å². The van der Waals surface area contributed by atoms with Gasteiger partial charge in [0.05, 0.1) is 6.61 Å². The van der Waals surface area contributed by atoms with Crippen molar-refractivity contribution in [1.82, 2.24) is 15.1 Å². The van der Waals surface area contributed by atoms with Crippen molar-refractivity contribution < 1.29 is 10.2 Å². The molecule has 0 amide bonds. The summed E-state index contributed by atoms with van der Waals surface area (Å²) in [6, 6.07) is 0. The fourth-order valence-corrected chi connectivity index (χ4v) is 3.48. The van der Waals surface area contributed by atoms with E-state index in [4.69, 9.17) is 5.11 Å². The van der Waals surface area contributed by atoms with Gasteiger partial charge < -0.3 is 20.0 Å². The molecule has 0 bridgehead atoms. The van der Waals surface area contributed by atoms with Gasteiger partial charge in [-0.25, -0.2) is 0 Å². The molecule has 0 aromatic carbocycles. The summed E-state index contributed by atoms with van der Waals surface area (Å²) in [7, 11) is 2.01. The van der Waals surface area contributed by atoms with Gasteiger partial charge in [-0.05, 0) is 19.4 Å². The highest BCUT2D eigenvalue weighted by Gasteiger charge is 2.34. The summed E-state index contributed by atoms with van der Waals surface area (Å²) in [5, 5.41) is 29.0. The monoisotopic (exact) mass is 300 g/mol. The molecule has 0 radical (unpaired) electrons. The molecule has 7 heteroatoms. The molecular formula is C13H24N4O2S. The number of hydrogen-bond donors (Lipinski definition) is 2. The number of anilines is 1. The Balaban J connectivity index is 1.97. The lowest BCUT2D eigenvalue weighted by molar-refractivity contribution is 0.160. The highest BCUT2D eigenvalue weighted by atomic mass is 32.1. The highest BCUT2D eigenvalue weighted by Crippen LogP contribution is 2.30. The zero-order valence-corrected chi connectivity index (χ0v) is 13.0.